The molecule has 0 saturated heterocycles. The van der Waals surface area contributed by atoms with Crippen molar-refractivity contribution in [2.24, 2.45) is 0 Å². The second-order valence-corrected chi connectivity index (χ2v) is 4.85. The predicted octanol–water partition coefficient (Wildman–Crippen LogP) is 2.99. The van der Waals surface area contributed by atoms with E-state index >= 15 is 0 Å². The Bertz CT molecular complexity index is 598. The molecule has 0 spiro atoms. The average Bonchev–Trinajstić information content (AvgIpc) is 2.53. The van der Waals surface area contributed by atoms with Crippen LogP contribution in [0.4, 0.5) is 0 Å². The van der Waals surface area contributed by atoms with Gasteiger partial charge in [0, 0.05) is 7.05 Å². The van der Waals surface area contributed by atoms with Crippen LogP contribution >= 0.6 is 0 Å². The van der Waals surface area contributed by atoms with Crippen LogP contribution in [0.2, 0.25) is 0 Å². The molecule has 0 heterocycles. The Kier molecular flexibility index (Phi) is 4.82. The van der Waals surface area contributed by atoms with E-state index in [1.807, 2.05) is 37.3 Å². The normalized spacial score (nSPS) is 11.7. The summed E-state index contributed by atoms with van der Waals surface area (Å²) in [6.45, 7) is 1.86. The summed E-state index contributed by atoms with van der Waals surface area (Å²) >= 11 is 0. The van der Waals surface area contributed by atoms with E-state index in [1.54, 1.807) is 30.1 Å². The first-order valence-corrected chi connectivity index (χ1v) is 6.81. The smallest absolute Gasteiger partial charge is 0.260 e. The number of hydrogen-bond acceptors (Lipinski definition) is 3. The van der Waals surface area contributed by atoms with Crippen LogP contribution < -0.4 is 4.74 Å². The van der Waals surface area contributed by atoms with Crippen LogP contribution in [0.1, 0.15) is 18.5 Å². The van der Waals surface area contributed by atoms with Crippen LogP contribution in [0.25, 0.3) is 0 Å². The Morgan fingerprint density at radius 2 is 1.76 bits per heavy atom. The number of amides is 1. The summed E-state index contributed by atoms with van der Waals surface area (Å²) in [6.07, 6.45) is 0. The molecule has 0 aliphatic rings. The number of hydrogen-bond donors (Lipinski definition) is 1. The van der Waals surface area contributed by atoms with Gasteiger partial charge in [-0.2, -0.15) is 0 Å². The van der Waals surface area contributed by atoms with Crippen molar-refractivity contribution in [2.45, 2.75) is 13.0 Å². The fourth-order valence-electron chi connectivity index (χ4n) is 1.99. The third-order valence-electron chi connectivity index (χ3n) is 3.47. The van der Waals surface area contributed by atoms with Crippen LogP contribution in [-0.2, 0) is 4.79 Å². The van der Waals surface area contributed by atoms with E-state index in [2.05, 4.69) is 0 Å². The molecule has 4 nitrogen and oxygen atoms in total. The van der Waals surface area contributed by atoms with Gasteiger partial charge in [-0.05, 0) is 24.6 Å². The molecule has 0 aromatic heterocycles. The molecule has 21 heavy (non-hydrogen) atoms. The first kappa shape index (κ1) is 14.9. The predicted molar refractivity (Wildman–Crippen MR) is 81.2 cm³/mol. The van der Waals surface area contributed by atoms with E-state index in [1.165, 1.54) is 6.07 Å². The second kappa shape index (κ2) is 6.79. The van der Waals surface area contributed by atoms with Crippen LogP contribution in [0.5, 0.6) is 11.5 Å². The van der Waals surface area contributed by atoms with Crippen molar-refractivity contribution in [3.8, 4) is 11.5 Å². The zero-order valence-electron chi connectivity index (χ0n) is 12.2. The van der Waals surface area contributed by atoms with Crippen LogP contribution in [-0.4, -0.2) is 29.6 Å². The van der Waals surface area contributed by atoms with Gasteiger partial charge >= 0.3 is 0 Å². The zero-order chi connectivity index (χ0) is 15.2. The lowest BCUT2D eigenvalue weighted by Crippen LogP contribution is -2.33. The lowest BCUT2D eigenvalue weighted by Gasteiger charge is -2.25. The number of carbonyl (C=O) groups is 1. The highest BCUT2D eigenvalue weighted by Gasteiger charge is 2.18. The highest BCUT2D eigenvalue weighted by Crippen LogP contribution is 2.24. The Hall–Kier alpha value is -2.49. The van der Waals surface area contributed by atoms with Crippen molar-refractivity contribution in [3.63, 3.8) is 0 Å². The highest BCUT2D eigenvalue weighted by atomic mass is 16.5. The van der Waals surface area contributed by atoms with E-state index in [9.17, 15) is 9.90 Å². The summed E-state index contributed by atoms with van der Waals surface area (Å²) in [7, 11) is 1.74. The van der Waals surface area contributed by atoms with E-state index in [-0.39, 0.29) is 24.3 Å². The number of para-hydroxylation sites is 2. The highest BCUT2D eigenvalue weighted by molar-refractivity contribution is 5.78. The molecule has 2 rings (SSSR count). The number of carbonyl (C=O) groups excluding carboxylic acids is 1. The average molecular weight is 285 g/mol. The fraction of sp³-hybridized carbons (Fsp3) is 0.235. The molecule has 1 amide bonds. The summed E-state index contributed by atoms with van der Waals surface area (Å²) in [5.74, 6) is 0.199. The Balaban J connectivity index is 1.95. The van der Waals surface area contributed by atoms with E-state index in [4.69, 9.17) is 4.74 Å². The summed E-state index contributed by atoms with van der Waals surface area (Å²) in [6, 6.07) is 16.4. The van der Waals surface area contributed by atoms with Crippen molar-refractivity contribution in [1.82, 2.24) is 4.90 Å². The molecule has 0 saturated carbocycles. The van der Waals surface area contributed by atoms with Gasteiger partial charge in [0.05, 0.1) is 6.04 Å². The van der Waals surface area contributed by atoms with Crippen molar-refractivity contribution < 1.29 is 14.6 Å². The summed E-state index contributed by atoms with van der Waals surface area (Å²) in [5, 5.41) is 9.60. The minimum absolute atomic E-state index is 0.0315. The molecule has 1 atom stereocenters. The molecule has 1 N–H and O–H groups in total. The van der Waals surface area contributed by atoms with Gasteiger partial charge in [-0.25, -0.2) is 0 Å². The van der Waals surface area contributed by atoms with Crippen LogP contribution in [0.3, 0.4) is 0 Å². The van der Waals surface area contributed by atoms with E-state index in [0.717, 1.165) is 5.56 Å². The number of ether oxygens (including phenoxy) is 1. The molecule has 0 aliphatic carbocycles. The van der Waals surface area contributed by atoms with Gasteiger partial charge < -0.3 is 14.7 Å². The standard InChI is InChI=1S/C17H19NO3/c1-13(14-8-4-3-5-9-14)18(2)17(20)12-21-16-11-7-6-10-15(16)19/h3-11,13,19H,12H2,1-2H3. The van der Waals surface area contributed by atoms with Crippen LogP contribution in [0.15, 0.2) is 54.6 Å². The number of phenolic OH excluding ortho intramolecular Hbond substituents is 1. The SMILES string of the molecule is CC(c1ccccc1)N(C)C(=O)COc1ccccc1O. The largest absolute Gasteiger partial charge is 0.504 e. The second-order valence-electron chi connectivity index (χ2n) is 4.85. The Morgan fingerprint density at radius 1 is 1.14 bits per heavy atom. The van der Waals surface area contributed by atoms with Gasteiger partial charge in [0.25, 0.3) is 5.91 Å². The van der Waals surface area contributed by atoms with Gasteiger partial charge in [-0.3, -0.25) is 4.79 Å². The van der Waals surface area contributed by atoms with Gasteiger partial charge in [0.1, 0.15) is 0 Å². The zero-order valence-corrected chi connectivity index (χ0v) is 12.2. The van der Waals surface area contributed by atoms with Crippen LogP contribution in [0, 0.1) is 0 Å². The molecule has 2 aromatic rings. The van der Waals surface area contributed by atoms with Gasteiger partial charge in [-0.1, -0.05) is 42.5 Å². The van der Waals surface area contributed by atoms with Crippen molar-refractivity contribution >= 4 is 5.91 Å². The first-order chi connectivity index (χ1) is 10.1. The van der Waals surface area contributed by atoms with Gasteiger partial charge in [0.15, 0.2) is 18.1 Å². The minimum atomic E-state index is -0.144. The molecule has 0 fully saturated rings. The van der Waals surface area contributed by atoms with E-state index < -0.39 is 0 Å². The molecule has 110 valence electrons. The molecule has 0 bridgehead atoms. The lowest BCUT2D eigenvalue weighted by molar-refractivity contribution is -0.134. The van der Waals surface area contributed by atoms with Crippen molar-refractivity contribution in [2.75, 3.05) is 13.7 Å². The number of rotatable bonds is 5. The number of phenols is 1. The quantitative estimate of drug-likeness (QED) is 0.918. The van der Waals surface area contributed by atoms with Gasteiger partial charge in [-0.15, -0.1) is 0 Å². The summed E-state index contributed by atoms with van der Waals surface area (Å²) < 4.78 is 5.36. The molecular formula is C17H19NO3. The molecule has 0 radical (unpaired) electrons. The maximum atomic E-state index is 12.2. The third-order valence-corrected chi connectivity index (χ3v) is 3.47. The number of likely N-dealkylation sites (N-methyl/N-ethyl adjacent to an activating group) is 1. The summed E-state index contributed by atoms with van der Waals surface area (Å²) in [4.78, 5) is 13.8. The number of benzene rings is 2. The monoisotopic (exact) mass is 285 g/mol. The molecule has 0 aliphatic heterocycles. The number of nitrogens with zero attached hydrogens (tertiary/aromatic N) is 1. The molecular weight excluding hydrogens is 266 g/mol. The topological polar surface area (TPSA) is 49.8 Å². The minimum Gasteiger partial charge on any atom is -0.504 e. The Labute approximate surface area is 124 Å². The number of aromatic hydroxyl groups is 1. The molecule has 4 heteroatoms. The van der Waals surface area contributed by atoms with Crippen molar-refractivity contribution in [3.05, 3.63) is 60.2 Å². The summed E-state index contributed by atoms with van der Waals surface area (Å²) in [5.41, 5.74) is 1.07. The first-order valence-electron chi connectivity index (χ1n) is 6.81. The fourth-order valence-corrected chi connectivity index (χ4v) is 1.99. The van der Waals surface area contributed by atoms with Gasteiger partial charge in [0.2, 0.25) is 0 Å². The molecule has 2 aromatic carbocycles. The van der Waals surface area contributed by atoms with E-state index in [0.29, 0.717) is 5.75 Å². The lowest BCUT2D eigenvalue weighted by atomic mass is 10.1. The molecule has 1 unspecified atom stereocenters. The maximum absolute atomic E-state index is 12.2. The third kappa shape index (κ3) is 3.75. The maximum Gasteiger partial charge on any atom is 0.260 e. The Morgan fingerprint density at radius 3 is 2.43 bits per heavy atom. The van der Waals surface area contributed by atoms with Crippen molar-refractivity contribution in [1.29, 1.82) is 0 Å².